The molecule has 0 atom stereocenters. The van der Waals surface area contributed by atoms with Crippen molar-refractivity contribution in [2.45, 2.75) is 32.2 Å². The monoisotopic (exact) mass is 280 g/mol. The minimum atomic E-state index is -0.0238. The molecule has 0 saturated carbocycles. The van der Waals surface area contributed by atoms with Crippen LogP contribution in [0, 0.1) is 0 Å². The van der Waals surface area contributed by atoms with Crippen LogP contribution < -0.4 is 5.56 Å². The highest BCUT2D eigenvalue weighted by molar-refractivity contribution is 7.18. The Hall–Kier alpha value is -1.13. The van der Waals surface area contributed by atoms with Gasteiger partial charge in [-0.15, -0.1) is 17.9 Å². The summed E-state index contributed by atoms with van der Waals surface area (Å²) in [7, 11) is 0. The summed E-state index contributed by atoms with van der Waals surface area (Å²) in [6, 6.07) is 0. The second-order valence-electron chi connectivity index (χ2n) is 4.48. The van der Waals surface area contributed by atoms with Crippen LogP contribution in [0.2, 0.25) is 5.28 Å². The molecular weight excluding hydrogens is 268 g/mol. The maximum Gasteiger partial charge on any atom is 0.263 e. The van der Waals surface area contributed by atoms with E-state index in [-0.39, 0.29) is 10.8 Å². The van der Waals surface area contributed by atoms with Crippen molar-refractivity contribution in [2.24, 2.45) is 0 Å². The molecule has 1 aliphatic carbocycles. The molecule has 0 spiro atoms. The number of hydrogen-bond acceptors (Lipinski definition) is 3. The topological polar surface area (TPSA) is 34.9 Å². The lowest BCUT2D eigenvalue weighted by molar-refractivity contribution is 0.698. The lowest BCUT2D eigenvalue weighted by atomic mass is 9.97. The van der Waals surface area contributed by atoms with Crippen LogP contribution in [0.5, 0.6) is 0 Å². The highest BCUT2D eigenvalue weighted by Gasteiger charge is 2.21. The third-order valence-corrected chi connectivity index (χ3v) is 4.81. The SMILES string of the molecule is C=CCn1c(Cl)nc2sc3c(c2c1=O)CCCC3. The fourth-order valence-corrected chi connectivity index (χ4v) is 4.03. The second-order valence-corrected chi connectivity index (χ2v) is 5.90. The van der Waals surface area contributed by atoms with Crippen LogP contribution in [0.3, 0.4) is 0 Å². The van der Waals surface area contributed by atoms with Gasteiger partial charge in [0.05, 0.1) is 5.39 Å². The first kappa shape index (κ1) is 11.9. The van der Waals surface area contributed by atoms with E-state index in [2.05, 4.69) is 11.6 Å². The van der Waals surface area contributed by atoms with E-state index in [9.17, 15) is 4.79 Å². The van der Waals surface area contributed by atoms with Gasteiger partial charge in [0.2, 0.25) is 5.28 Å². The van der Waals surface area contributed by atoms with Gasteiger partial charge in [-0.25, -0.2) is 4.98 Å². The number of allylic oxidation sites excluding steroid dienone is 1. The summed E-state index contributed by atoms with van der Waals surface area (Å²) in [5, 5.41) is 1.03. The van der Waals surface area contributed by atoms with Crippen molar-refractivity contribution >= 4 is 33.2 Å². The molecule has 0 unspecified atom stereocenters. The Balaban J connectivity index is 2.35. The molecule has 0 aliphatic heterocycles. The minimum Gasteiger partial charge on any atom is -0.279 e. The van der Waals surface area contributed by atoms with Crippen molar-refractivity contribution < 1.29 is 0 Å². The standard InChI is InChI=1S/C13H13ClN2OS/c1-2-7-16-12(17)10-8-5-3-4-6-9(8)18-11(10)15-13(16)14/h2H,1,3-7H2. The van der Waals surface area contributed by atoms with Crippen LogP contribution in [0.15, 0.2) is 17.4 Å². The molecule has 0 N–H and O–H groups in total. The van der Waals surface area contributed by atoms with E-state index < -0.39 is 0 Å². The number of hydrogen-bond donors (Lipinski definition) is 0. The Morgan fingerprint density at radius 1 is 1.44 bits per heavy atom. The first-order chi connectivity index (χ1) is 8.72. The summed E-state index contributed by atoms with van der Waals surface area (Å²) >= 11 is 7.68. The molecule has 94 valence electrons. The zero-order valence-corrected chi connectivity index (χ0v) is 11.5. The molecular formula is C13H13ClN2OS. The van der Waals surface area contributed by atoms with Crippen LogP contribution in [-0.2, 0) is 19.4 Å². The van der Waals surface area contributed by atoms with E-state index in [0.717, 1.165) is 29.5 Å². The molecule has 1 aliphatic rings. The van der Waals surface area contributed by atoms with Gasteiger partial charge in [-0.2, -0.15) is 0 Å². The number of aryl methyl sites for hydroxylation is 2. The van der Waals surface area contributed by atoms with Crippen LogP contribution in [0.1, 0.15) is 23.3 Å². The van der Waals surface area contributed by atoms with E-state index in [1.807, 2.05) is 0 Å². The predicted octanol–water partition coefficient (Wildman–Crippen LogP) is 3.18. The third kappa shape index (κ3) is 1.71. The molecule has 0 fully saturated rings. The second kappa shape index (κ2) is 4.52. The minimum absolute atomic E-state index is 0.0238. The Labute approximate surface area is 114 Å². The zero-order valence-electron chi connectivity index (χ0n) is 9.91. The zero-order chi connectivity index (χ0) is 12.7. The summed E-state index contributed by atoms with van der Waals surface area (Å²) in [5.74, 6) is 0. The van der Waals surface area contributed by atoms with Crippen molar-refractivity contribution in [3.05, 3.63) is 38.7 Å². The molecule has 0 bridgehead atoms. The van der Waals surface area contributed by atoms with Crippen molar-refractivity contribution in [2.75, 3.05) is 0 Å². The fourth-order valence-electron chi connectivity index (χ4n) is 2.50. The molecule has 2 aromatic rings. The summed E-state index contributed by atoms with van der Waals surface area (Å²) in [4.78, 5) is 18.9. The van der Waals surface area contributed by atoms with Gasteiger partial charge in [-0.1, -0.05) is 6.08 Å². The Bertz CT molecular complexity index is 686. The third-order valence-electron chi connectivity index (χ3n) is 3.34. The van der Waals surface area contributed by atoms with Gasteiger partial charge in [0.15, 0.2) is 0 Å². The van der Waals surface area contributed by atoms with Crippen LogP contribution in [0.25, 0.3) is 10.2 Å². The fraction of sp³-hybridized carbons (Fsp3) is 0.385. The normalized spacial score (nSPS) is 14.7. The van der Waals surface area contributed by atoms with Gasteiger partial charge in [0, 0.05) is 11.4 Å². The highest BCUT2D eigenvalue weighted by Crippen LogP contribution is 2.34. The lowest BCUT2D eigenvalue weighted by Crippen LogP contribution is -2.22. The van der Waals surface area contributed by atoms with Crippen molar-refractivity contribution in [1.29, 1.82) is 0 Å². The van der Waals surface area contributed by atoms with Crippen LogP contribution in [0.4, 0.5) is 0 Å². The lowest BCUT2D eigenvalue weighted by Gasteiger charge is -2.10. The number of nitrogens with zero attached hydrogens (tertiary/aromatic N) is 2. The average Bonchev–Trinajstić information content (AvgIpc) is 2.72. The quantitative estimate of drug-likeness (QED) is 0.625. The van der Waals surface area contributed by atoms with Gasteiger partial charge in [0.1, 0.15) is 4.83 Å². The van der Waals surface area contributed by atoms with E-state index in [1.165, 1.54) is 21.4 Å². The first-order valence-corrected chi connectivity index (χ1v) is 7.23. The summed E-state index contributed by atoms with van der Waals surface area (Å²) in [6.45, 7) is 4.06. The van der Waals surface area contributed by atoms with E-state index >= 15 is 0 Å². The molecule has 0 saturated heterocycles. The molecule has 3 rings (SSSR count). The van der Waals surface area contributed by atoms with Crippen molar-refractivity contribution in [1.82, 2.24) is 9.55 Å². The molecule has 3 nitrogen and oxygen atoms in total. The van der Waals surface area contributed by atoms with Gasteiger partial charge in [-0.05, 0) is 42.8 Å². The maximum absolute atomic E-state index is 12.5. The van der Waals surface area contributed by atoms with Crippen LogP contribution in [-0.4, -0.2) is 9.55 Å². The number of thiophene rings is 1. The summed E-state index contributed by atoms with van der Waals surface area (Å²) in [6.07, 6.45) is 6.08. The van der Waals surface area contributed by atoms with Gasteiger partial charge < -0.3 is 0 Å². The van der Waals surface area contributed by atoms with E-state index in [0.29, 0.717) is 6.54 Å². The van der Waals surface area contributed by atoms with Gasteiger partial charge in [-0.3, -0.25) is 9.36 Å². The molecule has 5 heteroatoms. The van der Waals surface area contributed by atoms with E-state index in [1.54, 1.807) is 17.4 Å². The number of rotatable bonds is 2. The first-order valence-electron chi connectivity index (χ1n) is 6.04. The Morgan fingerprint density at radius 2 is 2.22 bits per heavy atom. The average molecular weight is 281 g/mol. The van der Waals surface area contributed by atoms with E-state index in [4.69, 9.17) is 11.6 Å². The summed E-state index contributed by atoms with van der Waals surface area (Å²) < 4.78 is 1.48. The molecule has 0 amide bonds. The number of fused-ring (bicyclic) bond motifs is 3. The molecule has 18 heavy (non-hydrogen) atoms. The Kier molecular flexibility index (Phi) is 2.99. The predicted molar refractivity (Wildman–Crippen MR) is 75.7 cm³/mol. The maximum atomic E-state index is 12.5. The summed E-state index contributed by atoms with van der Waals surface area (Å²) in [5.41, 5.74) is 1.18. The largest absolute Gasteiger partial charge is 0.279 e. The molecule has 2 aromatic heterocycles. The number of aromatic nitrogens is 2. The number of halogens is 1. The van der Waals surface area contributed by atoms with Crippen molar-refractivity contribution in [3.63, 3.8) is 0 Å². The molecule has 0 radical (unpaired) electrons. The molecule has 2 heterocycles. The molecule has 0 aromatic carbocycles. The van der Waals surface area contributed by atoms with Gasteiger partial charge >= 0.3 is 0 Å². The highest BCUT2D eigenvalue weighted by atomic mass is 35.5. The smallest absolute Gasteiger partial charge is 0.263 e. The van der Waals surface area contributed by atoms with Crippen LogP contribution >= 0.6 is 22.9 Å². The Morgan fingerprint density at radius 3 is 3.00 bits per heavy atom. The van der Waals surface area contributed by atoms with Crippen molar-refractivity contribution in [3.8, 4) is 0 Å². The van der Waals surface area contributed by atoms with Gasteiger partial charge in [0.25, 0.3) is 5.56 Å².